The van der Waals surface area contributed by atoms with Crippen molar-refractivity contribution in [3.05, 3.63) is 73.2 Å². The lowest BCUT2D eigenvalue weighted by atomic mass is 10.2. The summed E-state index contributed by atoms with van der Waals surface area (Å²) in [5.41, 5.74) is 1.09. The van der Waals surface area contributed by atoms with Gasteiger partial charge in [0.2, 0.25) is 0 Å². The number of fused-ring (bicyclic) bond motifs is 2. The Hall–Kier alpha value is -2.68. The van der Waals surface area contributed by atoms with E-state index in [1.165, 1.54) is 10.8 Å². The molecule has 19 heavy (non-hydrogen) atoms. The molecule has 0 aliphatic carbocycles. The van der Waals surface area contributed by atoms with Gasteiger partial charge in [-0.2, -0.15) is 5.10 Å². The summed E-state index contributed by atoms with van der Waals surface area (Å²) in [7, 11) is 0. The van der Waals surface area contributed by atoms with Crippen LogP contribution in [0.5, 0.6) is 0 Å². The standard InChI is InChI=1S/C9H7N.C7H6N2/c1-2-4-9-7-10-6-5-8(9)3-1;1-2-4-7-6(3-1)5-8-9-7/h1-7H;1-5H,(H,8,9). The average Bonchev–Trinajstić information content (AvgIpc) is 2.96. The molecular formula is C16H13N3. The molecule has 2 aromatic carbocycles. The Labute approximate surface area is 110 Å². The highest BCUT2D eigenvalue weighted by Gasteiger charge is 1.88. The van der Waals surface area contributed by atoms with Crippen LogP contribution in [0, 0.1) is 0 Å². The number of rotatable bonds is 0. The number of hydrogen-bond acceptors (Lipinski definition) is 2. The molecule has 3 heteroatoms. The van der Waals surface area contributed by atoms with E-state index in [1.54, 1.807) is 0 Å². The van der Waals surface area contributed by atoms with Gasteiger partial charge in [-0.15, -0.1) is 0 Å². The van der Waals surface area contributed by atoms with Crippen LogP contribution in [-0.2, 0) is 0 Å². The van der Waals surface area contributed by atoms with Gasteiger partial charge in [-0.3, -0.25) is 10.1 Å². The molecule has 0 spiro atoms. The van der Waals surface area contributed by atoms with Gasteiger partial charge in [-0.25, -0.2) is 0 Å². The summed E-state index contributed by atoms with van der Waals surface area (Å²) in [6.45, 7) is 0. The molecule has 2 heterocycles. The molecule has 0 atom stereocenters. The van der Waals surface area contributed by atoms with Gasteiger partial charge in [0.05, 0.1) is 11.7 Å². The third-order valence-electron chi connectivity index (χ3n) is 2.90. The van der Waals surface area contributed by atoms with Crippen molar-refractivity contribution in [2.24, 2.45) is 0 Å². The molecule has 0 saturated heterocycles. The smallest absolute Gasteiger partial charge is 0.0650 e. The van der Waals surface area contributed by atoms with Crippen LogP contribution in [0.3, 0.4) is 0 Å². The van der Waals surface area contributed by atoms with Crippen LogP contribution >= 0.6 is 0 Å². The van der Waals surface area contributed by atoms with Crippen LogP contribution in [0.15, 0.2) is 73.2 Å². The number of benzene rings is 2. The van der Waals surface area contributed by atoms with E-state index in [2.05, 4.69) is 27.3 Å². The van der Waals surface area contributed by atoms with E-state index in [-0.39, 0.29) is 0 Å². The summed E-state index contributed by atoms with van der Waals surface area (Å²) < 4.78 is 0. The van der Waals surface area contributed by atoms with Crippen molar-refractivity contribution in [1.29, 1.82) is 0 Å². The fourth-order valence-corrected chi connectivity index (χ4v) is 1.91. The third kappa shape index (κ3) is 2.60. The van der Waals surface area contributed by atoms with Crippen molar-refractivity contribution in [2.45, 2.75) is 0 Å². The third-order valence-corrected chi connectivity index (χ3v) is 2.90. The summed E-state index contributed by atoms with van der Waals surface area (Å²) in [5, 5.41) is 10.4. The van der Waals surface area contributed by atoms with E-state index in [0.29, 0.717) is 0 Å². The molecule has 0 saturated carbocycles. The monoisotopic (exact) mass is 247 g/mol. The molecule has 0 unspecified atom stereocenters. The van der Waals surface area contributed by atoms with Gasteiger partial charge in [0, 0.05) is 17.8 Å². The van der Waals surface area contributed by atoms with E-state index >= 15 is 0 Å². The van der Waals surface area contributed by atoms with Crippen molar-refractivity contribution in [1.82, 2.24) is 15.2 Å². The minimum atomic E-state index is 1.09. The Morgan fingerprint density at radius 2 is 1.42 bits per heavy atom. The zero-order chi connectivity index (χ0) is 12.9. The van der Waals surface area contributed by atoms with Crippen molar-refractivity contribution in [2.75, 3.05) is 0 Å². The first kappa shape index (κ1) is 11.4. The highest BCUT2D eigenvalue weighted by molar-refractivity contribution is 5.81. The topological polar surface area (TPSA) is 41.6 Å². The number of aromatic amines is 1. The lowest BCUT2D eigenvalue weighted by Gasteiger charge is -1.91. The molecule has 1 N–H and O–H groups in total. The zero-order valence-corrected chi connectivity index (χ0v) is 10.3. The molecule has 0 aliphatic heterocycles. The summed E-state index contributed by atoms with van der Waals surface area (Å²) in [4.78, 5) is 4.01. The molecule has 4 rings (SSSR count). The number of aromatic nitrogens is 3. The second-order valence-corrected chi connectivity index (χ2v) is 4.18. The fourth-order valence-electron chi connectivity index (χ4n) is 1.91. The Morgan fingerprint density at radius 1 is 0.684 bits per heavy atom. The maximum atomic E-state index is 4.01. The summed E-state index contributed by atoms with van der Waals surface area (Å²) >= 11 is 0. The lowest BCUT2D eigenvalue weighted by molar-refractivity contribution is 1.12. The molecule has 0 amide bonds. The van der Waals surface area contributed by atoms with Gasteiger partial charge in [-0.1, -0.05) is 42.5 Å². The average molecular weight is 247 g/mol. The van der Waals surface area contributed by atoms with E-state index in [4.69, 9.17) is 0 Å². The minimum absolute atomic E-state index is 1.09. The van der Waals surface area contributed by atoms with Crippen molar-refractivity contribution in [3.63, 3.8) is 0 Å². The first-order valence-electron chi connectivity index (χ1n) is 6.10. The number of para-hydroxylation sites is 1. The molecule has 92 valence electrons. The number of nitrogens with zero attached hydrogens (tertiary/aromatic N) is 2. The molecule has 2 aromatic heterocycles. The van der Waals surface area contributed by atoms with Gasteiger partial charge in [0.1, 0.15) is 0 Å². The molecule has 3 nitrogen and oxygen atoms in total. The van der Waals surface area contributed by atoms with Gasteiger partial charge in [0.25, 0.3) is 0 Å². The predicted octanol–water partition coefficient (Wildman–Crippen LogP) is 3.80. The molecule has 0 radical (unpaired) electrons. The Morgan fingerprint density at radius 3 is 2.21 bits per heavy atom. The maximum absolute atomic E-state index is 4.01. The molecule has 4 aromatic rings. The van der Waals surface area contributed by atoms with Gasteiger partial charge in [-0.05, 0) is 22.9 Å². The highest BCUT2D eigenvalue weighted by atomic mass is 15.1. The number of H-pyrrole nitrogens is 1. The number of nitrogens with one attached hydrogen (secondary N) is 1. The van der Waals surface area contributed by atoms with Crippen LogP contribution in [-0.4, -0.2) is 15.2 Å². The Balaban J connectivity index is 0.000000117. The SMILES string of the molecule is c1ccc2[nH]ncc2c1.c1ccc2cnccc2c1. The van der Waals surface area contributed by atoms with Gasteiger partial charge in [0.15, 0.2) is 0 Å². The first-order valence-corrected chi connectivity index (χ1v) is 6.10. The molecule has 0 bridgehead atoms. The van der Waals surface area contributed by atoms with E-state index in [0.717, 1.165) is 10.9 Å². The fraction of sp³-hybridized carbons (Fsp3) is 0. The van der Waals surface area contributed by atoms with Crippen LogP contribution in [0.25, 0.3) is 21.7 Å². The summed E-state index contributed by atoms with van der Waals surface area (Å²) in [6.07, 6.45) is 5.49. The highest BCUT2D eigenvalue weighted by Crippen LogP contribution is 2.09. The van der Waals surface area contributed by atoms with Gasteiger partial charge >= 0.3 is 0 Å². The Kier molecular flexibility index (Phi) is 3.19. The van der Waals surface area contributed by atoms with Crippen LogP contribution in [0.1, 0.15) is 0 Å². The van der Waals surface area contributed by atoms with Gasteiger partial charge < -0.3 is 0 Å². The maximum Gasteiger partial charge on any atom is 0.0650 e. The molecule has 0 fully saturated rings. The Bertz CT molecular complexity index is 694. The van der Waals surface area contributed by atoms with Crippen molar-refractivity contribution in [3.8, 4) is 0 Å². The number of pyridine rings is 1. The van der Waals surface area contributed by atoms with Crippen molar-refractivity contribution < 1.29 is 0 Å². The lowest BCUT2D eigenvalue weighted by Crippen LogP contribution is -1.71. The second-order valence-electron chi connectivity index (χ2n) is 4.18. The van der Waals surface area contributed by atoms with Crippen LogP contribution < -0.4 is 0 Å². The predicted molar refractivity (Wildman–Crippen MR) is 77.8 cm³/mol. The first-order chi connectivity index (χ1) is 9.43. The molecule has 0 aliphatic rings. The van der Waals surface area contributed by atoms with E-state index in [1.807, 2.05) is 61.1 Å². The van der Waals surface area contributed by atoms with Crippen LogP contribution in [0.2, 0.25) is 0 Å². The molecular weight excluding hydrogens is 234 g/mol. The minimum Gasteiger partial charge on any atom is -0.278 e. The van der Waals surface area contributed by atoms with Crippen molar-refractivity contribution >= 4 is 21.7 Å². The summed E-state index contributed by atoms with van der Waals surface area (Å²) in [5.74, 6) is 0. The zero-order valence-electron chi connectivity index (χ0n) is 10.3. The second kappa shape index (κ2) is 5.31. The summed E-state index contributed by atoms with van der Waals surface area (Å²) in [6, 6.07) is 18.2. The van der Waals surface area contributed by atoms with Crippen LogP contribution in [0.4, 0.5) is 0 Å². The largest absolute Gasteiger partial charge is 0.278 e. The van der Waals surface area contributed by atoms with E-state index in [9.17, 15) is 0 Å². The van der Waals surface area contributed by atoms with E-state index < -0.39 is 0 Å². The normalized spacial score (nSPS) is 10.1. The number of hydrogen-bond donors (Lipinski definition) is 1. The quantitative estimate of drug-likeness (QED) is 0.513.